The van der Waals surface area contributed by atoms with Crippen LogP contribution in [0.25, 0.3) is 0 Å². The highest BCUT2D eigenvalue weighted by Crippen LogP contribution is 2.33. The van der Waals surface area contributed by atoms with Gasteiger partial charge in [-0.15, -0.1) is 0 Å². The summed E-state index contributed by atoms with van der Waals surface area (Å²) in [5.74, 6) is 0.832. The molecule has 0 atom stereocenters. The Morgan fingerprint density at radius 3 is 2.76 bits per heavy atom. The van der Waals surface area contributed by atoms with Gasteiger partial charge in [0.15, 0.2) is 0 Å². The number of nitrogens with two attached hydrogens (primary N) is 1. The Bertz CT molecular complexity index is 560. The van der Waals surface area contributed by atoms with Crippen LogP contribution in [0.15, 0.2) is 24.5 Å². The Balaban J connectivity index is 2.38. The summed E-state index contributed by atoms with van der Waals surface area (Å²) in [6, 6.07) is 5.41. The van der Waals surface area contributed by atoms with Crippen LogP contribution >= 0.6 is 23.2 Å². The Morgan fingerprint density at radius 1 is 1.24 bits per heavy atom. The molecule has 0 bridgehead atoms. The third kappa shape index (κ3) is 2.60. The molecular formula is C11H9Cl2N3O. The van der Waals surface area contributed by atoms with E-state index in [1.54, 1.807) is 12.1 Å². The van der Waals surface area contributed by atoms with Crippen LogP contribution in [0, 0.1) is 6.92 Å². The number of anilines is 1. The molecule has 0 spiro atoms. The first-order valence-corrected chi connectivity index (χ1v) is 5.53. The molecule has 2 N–H and O–H groups in total. The second-order valence-electron chi connectivity index (χ2n) is 3.41. The molecule has 1 heterocycles. The van der Waals surface area contributed by atoms with Crippen molar-refractivity contribution < 1.29 is 4.74 Å². The van der Waals surface area contributed by atoms with Crippen LogP contribution in [-0.4, -0.2) is 9.97 Å². The fraction of sp³-hybridized carbons (Fsp3) is 0.0909. The van der Waals surface area contributed by atoms with Gasteiger partial charge in [-0.3, -0.25) is 0 Å². The summed E-state index contributed by atoms with van der Waals surface area (Å²) < 4.78 is 5.51. The van der Waals surface area contributed by atoms with E-state index >= 15 is 0 Å². The van der Waals surface area contributed by atoms with Gasteiger partial charge in [0.1, 0.15) is 22.9 Å². The summed E-state index contributed by atoms with van der Waals surface area (Å²) >= 11 is 11.9. The number of nitrogen functional groups attached to an aromatic ring is 1. The molecule has 4 nitrogen and oxygen atoms in total. The van der Waals surface area contributed by atoms with E-state index in [0.29, 0.717) is 10.8 Å². The van der Waals surface area contributed by atoms with E-state index in [2.05, 4.69) is 9.97 Å². The highest BCUT2D eigenvalue weighted by atomic mass is 35.5. The van der Waals surface area contributed by atoms with Gasteiger partial charge in [-0.2, -0.15) is 4.98 Å². The van der Waals surface area contributed by atoms with Gasteiger partial charge in [-0.25, -0.2) is 4.98 Å². The van der Waals surface area contributed by atoms with Crippen molar-refractivity contribution in [2.24, 2.45) is 0 Å². The third-order valence-corrected chi connectivity index (χ3v) is 2.75. The smallest absolute Gasteiger partial charge is 0.243 e. The van der Waals surface area contributed by atoms with Crippen molar-refractivity contribution in [3.8, 4) is 11.6 Å². The molecule has 0 unspecified atom stereocenters. The molecule has 0 aliphatic heterocycles. The van der Waals surface area contributed by atoms with E-state index < -0.39 is 0 Å². The summed E-state index contributed by atoms with van der Waals surface area (Å²) in [6.45, 7) is 1.93. The van der Waals surface area contributed by atoms with Gasteiger partial charge in [0.25, 0.3) is 0 Å². The molecule has 2 rings (SSSR count). The number of benzene rings is 1. The highest BCUT2D eigenvalue weighted by molar-refractivity contribution is 6.34. The van der Waals surface area contributed by atoms with Crippen LogP contribution in [0.1, 0.15) is 5.56 Å². The van der Waals surface area contributed by atoms with E-state index in [4.69, 9.17) is 33.7 Å². The van der Waals surface area contributed by atoms with Gasteiger partial charge in [0, 0.05) is 0 Å². The molecule has 0 radical (unpaired) electrons. The predicted octanol–water partition coefficient (Wildman–Crippen LogP) is 3.47. The quantitative estimate of drug-likeness (QED) is 0.907. The SMILES string of the molecule is Cc1ccc(Cl)c(Oc2ncnc(N)c2Cl)c1. The zero-order valence-corrected chi connectivity index (χ0v) is 10.5. The number of hydrogen-bond acceptors (Lipinski definition) is 4. The van der Waals surface area contributed by atoms with E-state index in [-0.39, 0.29) is 16.7 Å². The van der Waals surface area contributed by atoms with Crippen LogP contribution in [0.4, 0.5) is 5.82 Å². The van der Waals surface area contributed by atoms with Crippen LogP contribution in [0.5, 0.6) is 11.6 Å². The highest BCUT2D eigenvalue weighted by Gasteiger charge is 2.11. The van der Waals surface area contributed by atoms with Crippen molar-refractivity contribution in [1.29, 1.82) is 0 Å². The lowest BCUT2D eigenvalue weighted by molar-refractivity contribution is 0.462. The number of aromatic nitrogens is 2. The molecule has 88 valence electrons. The summed E-state index contributed by atoms with van der Waals surface area (Å²) in [7, 11) is 0. The van der Waals surface area contributed by atoms with Crippen LogP contribution in [-0.2, 0) is 0 Å². The zero-order chi connectivity index (χ0) is 12.4. The van der Waals surface area contributed by atoms with E-state index in [0.717, 1.165) is 5.56 Å². The van der Waals surface area contributed by atoms with Gasteiger partial charge in [-0.1, -0.05) is 29.3 Å². The molecule has 1 aromatic heterocycles. The van der Waals surface area contributed by atoms with E-state index in [9.17, 15) is 0 Å². The van der Waals surface area contributed by atoms with E-state index in [1.807, 2.05) is 13.0 Å². The fourth-order valence-electron chi connectivity index (χ4n) is 1.23. The number of hydrogen-bond donors (Lipinski definition) is 1. The molecule has 0 aliphatic rings. The summed E-state index contributed by atoms with van der Waals surface area (Å²) in [6.07, 6.45) is 1.28. The lowest BCUT2D eigenvalue weighted by Gasteiger charge is -2.09. The molecule has 0 saturated carbocycles. The largest absolute Gasteiger partial charge is 0.436 e. The minimum absolute atomic E-state index is 0.167. The summed E-state index contributed by atoms with van der Waals surface area (Å²) in [5, 5.41) is 0.647. The first kappa shape index (κ1) is 12.0. The van der Waals surface area contributed by atoms with Gasteiger partial charge in [-0.05, 0) is 24.6 Å². The normalized spacial score (nSPS) is 10.3. The topological polar surface area (TPSA) is 61.0 Å². The standard InChI is InChI=1S/C11H9Cl2N3O/c1-6-2-3-7(12)8(4-6)17-11-9(13)10(14)15-5-16-11/h2-5H,1H3,(H2,14,15,16). The monoisotopic (exact) mass is 269 g/mol. The molecular weight excluding hydrogens is 261 g/mol. The maximum atomic E-state index is 6.00. The van der Waals surface area contributed by atoms with Crippen LogP contribution in [0.2, 0.25) is 10.0 Å². The van der Waals surface area contributed by atoms with Crippen molar-refractivity contribution in [3.63, 3.8) is 0 Å². The lowest BCUT2D eigenvalue weighted by Crippen LogP contribution is -1.96. The lowest BCUT2D eigenvalue weighted by atomic mass is 10.2. The second-order valence-corrected chi connectivity index (χ2v) is 4.20. The molecule has 0 aliphatic carbocycles. The minimum Gasteiger partial charge on any atom is -0.436 e. The van der Waals surface area contributed by atoms with Crippen LogP contribution in [0.3, 0.4) is 0 Å². The Kier molecular flexibility index (Phi) is 3.36. The average Bonchev–Trinajstić information content (AvgIpc) is 2.30. The van der Waals surface area contributed by atoms with Crippen molar-refractivity contribution in [2.75, 3.05) is 5.73 Å². The van der Waals surface area contributed by atoms with Crippen molar-refractivity contribution in [3.05, 3.63) is 40.1 Å². The molecule has 2 aromatic rings. The Morgan fingerprint density at radius 2 is 2.00 bits per heavy atom. The van der Waals surface area contributed by atoms with Gasteiger partial charge >= 0.3 is 0 Å². The third-order valence-electron chi connectivity index (χ3n) is 2.08. The molecule has 17 heavy (non-hydrogen) atoms. The number of ether oxygens (including phenoxy) is 1. The maximum Gasteiger partial charge on any atom is 0.243 e. The Labute approximate surface area is 108 Å². The first-order chi connectivity index (χ1) is 8.08. The van der Waals surface area contributed by atoms with E-state index in [1.165, 1.54) is 6.33 Å². The zero-order valence-electron chi connectivity index (χ0n) is 8.95. The molecule has 1 aromatic carbocycles. The van der Waals surface area contributed by atoms with Gasteiger partial charge < -0.3 is 10.5 Å². The van der Waals surface area contributed by atoms with Crippen molar-refractivity contribution >= 4 is 29.0 Å². The van der Waals surface area contributed by atoms with Crippen molar-refractivity contribution in [2.45, 2.75) is 6.92 Å². The fourth-order valence-corrected chi connectivity index (χ4v) is 1.52. The molecule has 0 saturated heterocycles. The summed E-state index contributed by atoms with van der Waals surface area (Å²) in [5.41, 5.74) is 6.56. The minimum atomic E-state index is 0.167. The number of nitrogens with zero attached hydrogens (tertiary/aromatic N) is 2. The number of rotatable bonds is 2. The number of halogens is 2. The van der Waals surface area contributed by atoms with Gasteiger partial charge in [0.2, 0.25) is 5.88 Å². The van der Waals surface area contributed by atoms with Gasteiger partial charge in [0.05, 0.1) is 5.02 Å². The van der Waals surface area contributed by atoms with Crippen LogP contribution < -0.4 is 10.5 Å². The summed E-state index contributed by atoms with van der Waals surface area (Å²) in [4.78, 5) is 7.64. The molecule has 0 amide bonds. The number of aryl methyl sites for hydroxylation is 1. The Hall–Kier alpha value is -1.52. The maximum absolute atomic E-state index is 6.00. The first-order valence-electron chi connectivity index (χ1n) is 4.78. The predicted molar refractivity (Wildman–Crippen MR) is 67.7 cm³/mol. The van der Waals surface area contributed by atoms with Crippen molar-refractivity contribution in [1.82, 2.24) is 9.97 Å². The average molecular weight is 270 g/mol. The molecule has 0 fully saturated rings. The second kappa shape index (κ2) is 4.77. The molecule has 6 heteroatoms.